The molecular weight excluding hydrogens is 140 g/mol. The van der Waals surface area contributed by atoms with Gasteiger partial charge in [0, 0.05) is 6.61 Å². The van der Waals surface area contributed by atoms with Crippen LogP contribution in [0, 0.1) is 0 Å². The van der Waals surface area contributed by atoms with Gasteiger partial charge in [0.25, 0.3) is 0 Å². The Morgan fingerprint density at radius 3 is 1.73 bits per heavy atom. The average molecular weight is 162 g/mol. The Labute approximate surface area is 69.9 Å². The second kappa shape index (κ2) is 12.6. The Bertz CT molecular complexity index is 47.5. The molecule has 0 aliphatic rings. The summed E-state index contributed by atoms with van der Waals surface area (Å²) in [4.78, 5) is 0. The van der Waals surface area contributed by atoms with Crippen LogP contribution in [0.3, 0.4) is 0 Å². The Morgan fingerprint density at radius 1 is 0.818 bits per heavy atom. The number of rotatable bonds is 7. The molecule has 0 unspecified atom stereocenters. The quantitative estimate of drug-likeness (QED) is 0.571. The van der Waals surface area contributed by atoms with Crippen LogP contribution in [0.15, 0.2) is 0 Å². The minimum atomic E-state index is 0. The van der Waals surface area contributed by atoms with Crippen molar-refractivity contribution in [1.82, 2.24) is 0 Å². The summed E-state index contributed by atoms with van der Waals surface area (Å²) in [6, 6.07) is 0. The third-order valence-electron chi connectivity index (χ3n) is 1.76. The zero-order valence-corrected chi connectivity index (χ0v) is 7.60. The second-order valence-electron chi connectivity index (χ2n) is 2.84. The standard InChI is InChI=1S/C9H20O.H2O/c1-2-3-4-5-6-7-8-9-10;/h10H,2-9H2,1H3;1H2. The van der Waals surface area contributed by atoms with Gasteiger partial charge in [-0.2, -0.15) is 0 Å². The summed E-state index contributed by atoms with van der Waals surface area (Å²) >= 11 is 0. The van der Waals surface area contributed by atoms with Crippen LogP contribution in [0.25, 0.3) is 0 Å². The van der Waals surface area contributed by atoms with Gasteiger partial charge < -0.3 is 10.6 Å². The molecular formula is C9H22O2. The predicted octanol–water partition coefficient (Wildman–Crippen LogP) is 1.90. The fourth-order valence-electron chi connectivity index (χ4n) is 1.07. The molecule has 0 fully saturated rings. The highest BCUT2D eigenvalue weighted by Gasteiger charge is 1.88. The monoisotopic (exact) mass is 162 g/mol. The van der Waals surface area contributed by atoms with Crippen LogP contribution < -0.4 is 0 Å². The van der Waals surface area contributed by atoms with E-state index in [1.54, 1.807) is 0 Å². The molecule has 0 bridgehead atoms. The number of hydrogen-bond acceptors (Lipinski definition) is 1. The zero-order chi connectivity index (χ0) is 7.66. The van der Waals surface area contributed by atoms with E-state index in [-0.39, 0.29) is 5.48 Å². The van der Waals surface area contributed by atoms with Crippen molar-refractivity contribution in [2.45, 2.75) is 51.9 Å². The summed E-state index contributed by atoms with van der Waals surface area (Å²) in [5.74, 6) is 0. The Balaban J connectivity index is 0. The first-order valence-corrected chi connectivity index (χ1v) is 4.52. The Kier molecular flexibility index (Phi) is 15.4. The molecule has 0 rings (SSSR count). The van der Waals surface area contributed by atoms with Crippen molar-refractivity contribution in [3.05, 3.63) is 0 Å². The lowest BCUT2D eigenvalue weighted by molar-refractivity contribution is 0.282. The largest absolute Gasteiger partial charge is 0.412 e. The molecule has 11 heavy (non-hydrogen) atoms. The van der Waals surface area contributed by atoms with Crippen LogP contribution in [-0.4, -0.2) is 17.2 Å². The van der Waals surface area contributed by atoms with Crippen LogP contribution in [0.4, 0.5) is 0 Å². The molecule has 70 valence electrons. The molecule has 0 spiro atoms. The molecule has 0 amide bonds. The molecule has 0 radical (unpaired) electrons. The van der Waals surface area contributed by atoms with Crippen molar-refractivity contribution >= 4 is 0 Å². The maximum atomic E-state index is 8.47. The third-order valence-corrected chi connectivity index (χ3v) is 1.76. The summed E-state index contributed by atoms with van der Waals surface area (Å²) in [7, 11) is 0. The minimum absolute atomic E-state index is 0. The van der Waals surface area contributed by atoms with E-state index in [2.05, 4.69) is 6.92 Å². The molecule has 0 aromatic rings. The minimum Gasteiger partial charge on any atom is -0.412 e. The lowest BCUT2D eigenvalue weighted by Crippen LogP contribution is -1.83. The SMILES string of the molecule is CCCCCCCCCO.O. The molecule has 3 N–H and O–H groups in total. The number of unbranched alkanes of at least 4 members (excludes halogenated alkanes) is 6. The van der Waals surface area contributed by atoms with Crippen molar-refractivity contribution in [2.75, 3.05) is 6.61 Å². The molecule has 0 aromatic heterocycles. The van der Waals surface area contributed by atoms with E-state index in [0.29, 0.717) is 6.61 Å². The van der Waals surface area contributed by atoms with Gasteiger partial charge in [-0.3, -0.25) is 0 Å². The fourth-order valence-corrected chi connectivity index (χ4v) is 1.07. The van der Waals surface area contributed by atoms with Gasteiger partial charge in [-0.15, -0.1) is 0 Å². The second-order valence-corrected chi connectivity index (χ2v) is 2.84. The maximum Gasteiger partial charge on any atom is 0.0431 e. The van der Waals surface area contributed by atoms with Gasteiger partial charge in [0.1, 0.15) is 0 Å². The Morgan fingerprint density at radius 2 is 1.27 bits per heavy atom. The molecule has 0 heterocycles. The van der Waals surface area contributed by atoms with Gasteiger partial charge in [0.05, 0.1) is 0 Å². The van der Waals surface area contributed by atoms with E-state index in [1.807, 2.05) is 0 Å². The summed E-state index contributed by atoms with van der Waals surface area (Å²) in [5.41, 5.74) is 0. The van der Waals surface area contributed by atoms with Gasteiger partial charge in [0.2, 0.25) is 0 Å². The van der Waals surface area contributed by atoms with Crippen LogP contribution in [0.1, 0.15) is 51.9 Å². The summed E-state index contributed by atoms with van der Waals surface area (Å²) in [6.07, 6.45) is 8.93. The van der Waals surface area contributed by atoms with Gasteiger partial charge in [-0.25, -0.2) is 0 Å². The lowest BCUT2D eigenvalue weighted by atomic mass is 10.1. The van der Waals surface area contributed by atoms with E-state index in [9.17, 15) is 0 Å². The van der Waals surface area contributed by atoms with Crippen LogP contribution in [0.2, 0.25) is 0 Å². The zero-order valence-electron chi connectivity index (χ0n) is 7.60. The van der Waals surface area contributed by atoms with Crippen LogP contribution in [-0.2, 0) is 0 Å². The van der Waals surface area contributed by atoms with E-state index < -0.39 is 0 Å². The van der Waals surface area contributed by atoms with Crippen LogP contribution >= 0.6 is 0 Å². The summed E-state index contributed by atoms with van der Waals surface area (Å²) < 4.78 is 0. The highest BCUT2D eigenvalue weighted by Crippen LogP contribution is 2.05. The van der Waals surface area contributed by atoms with Gasteiger partial charge in [0.15, 0.2) is 0 Å². The molecule has 0 aliphatic carbocycles. The molecule has 2 heteroatoms. The highest BCUT2D eigenvalue weighted by molar-refractivity contribution is 4.43. The maximum absolute atomic E-state index is 8.47. The third kappa shape index (κ3) is 13.0. The van der Waals surface area contributed by atoms with E-state index in [4.69, 9.17) is 5.11 Å². The molecule has 0 saturated carbocycles. The molecule has 0 aromatic carbocycles. The molecule has 0 aliphatic heterocycles. The first kappa shape index (κ1) is 13.5. The van der Waals surface area contributed by atoms with Gasteiger partial charge >= 0.3 is 0 Å². The number of aliphatic hydroxyl groups is 1. The first-order chi connectivity index (χ1) is 4.91. The van der Waals surface area contributed by atoms with E-state index in [0.717, 1.165) is 6.42 Å². The van der Waals surface area contributed by atoms with Crippen molar-refractivity contribution in [3.8, 4) is 0 Å². The number of aliphatic hydroxyl groups excluding tert-OH is 1. The molecule has 0 atom stereocenters. The van der Waals surface area contributed by atoms with Crippen LogP contribution in [0.5, 0.6) is 0 Å². The van der Waals surface area contributed by atoms with Crippen molar-refractivity contribution in [2.24, 2.45) is 0 Å². The molecule has 2 nitrogen and oxygen atoms in total. The van der Waals surface area contributed by atoms with Crippen molar-refractivity contribution in [1.29, 1.82) is 0 Å². The fraction of sp³-hybridized carbons (Fsp3) is 1.00. The summed E-state index contributed by atoms with van der Waals surface area (Å²) in [6.45, 7) is 2.60. The smallest absolute Gasteiger partial charge is 0.0431 e. The first-order valence-electron chi connectivity index (χ1n) is 4.52. The highest BCUT2D eigenvalue weighted by atomic mass is 16.2. The average Bonchev–Trinajstić information content (AvgIpc) is 1.97. The lowest BCUT2D eigenvalue weighted by Gasteiger charge is -1.97. The normalized spacial score (nSPS) is 9.27. The predicted molar refractivity (Wildman–Crippen MR) is 48.7 cm³/mol. The van der Waals surface area contributed by atoms with Gasteiger partial charge in [-0.1, -0.05) is 45.4 Å². The van der Waals surface area contributed by atoms with E-state index in [1.165, 1.54) is 38.5 Å². The topological polar surface area (TPSA) is 51.7 Å². The number of hydrogen-bond donors (Lipinski definition) is 1. The van der Waals surface area contributed by atoms with Crippen molar-refractivity contribution in [3.63, 3.8) is 0 Å². The van der Waals surface area contributed by atoms with Gasteiger partial charge in [-0.05, 0) is 6.42 Å². The molecule has 0 saturated heterocycles. The van der Waals surface area contributed by atoms with Crippen molar-refractivity contribution < 1.29 is 10.6 Å². The van der Waals surface area contributed by atoms with E-state index >= 15 is 0 Å². The summed E-state index contributed by atoms with van der Waals surface area (Å²) in [5, 5.41) is 8.47. The Hall–Kier alpha value is -0.0800.